The van der Waals surface area contributed by atoms with Crippen LogP contribution in [-0.4, -0.2) is 5.11 Å². The molecule has 3 rings (SSSR count). The minimum atomic E-state index is -0.487. The molecule has 0 aromatic heterocycles. The lowest BCUT2D eigenvalue weighted by Gasteiger charge is -2.37. The van der Waals surface area contributed by atoms with E-state index < -0.39 is 5.60 Å². The van der Waals surface area contributed by atoms with E-state index >= 15 is 0 Å². The third-order valence-electron chi connectivity index (χ3n) is 5.57. The maximum atomic E-state index is 10.3. The van der Waals surface area contributed by atoms with Crippen molar-refractivity contribution in [2.24, 2.45) is 11.3 Å². The second kappa shape index (κ2) is 4.87. The van der Waals surface area contributed by atoms with Crippen LogP contribution >= 0.6 is 0 Å². The van der Waals surface area contributed by atoms with Gasteiger partial charge in [0.1, 0.15) is 0 Å². The smallest absolute Gasteiger partial charge is 0.0899 e. The second-order valence-corrected chi connectivity index (χ2v) is 8.07. The molecule has 1 aromatic carbocycles. The van der Waals surface area contributed by atoms with Gasteiger partial charge in [-0.25, -0.2) is 0 Å². The summed E-state index contributed by atoms with van der Waals surface area (Å²) in [4.78, 5) is 0. The average Bonchev–Trinajstić information content (AvgIpc) is 3.18. The Hall–Kier alpha value is -0.820. The molecule has 0 spiro atoms. The van der Waals surface area contributed by atoms with Gasteiger partial charge in [-0.2, -0.15) is 0 Å². The molecule has 0 atom stereocenters. The maximum Gasteiger partial charge on any atom is 0.0899 e. The molecule has 0 amide bonds. The van der Waals surface area contributed by atoms with Crippen LogP contribution in [0.4, 0.5) is 0 Å². The molecule has 0 radical (unpaired) electrons. The van der Waals surface area contributed by atoms with Crippen molar-refractivity contribution >= 4 is 0 Å². The van der Waals surface area contributed by atoms with Crippen molar-refractivity contribution in [3.63, 3.8) is 0 Å². The lowest BCUT2D eigenvalue weighted by Crippen LogP contribution is -2.25. The molecule has 1 heteroatoms. The van der Waals surface area contributed by atoms with Crippen LogP contribution in [-0.2, 0) is 5.60 Å². The van der Waals surface area contributed by atoms with Gasteiger partial charge in [-0.05, 0) is 66.9 Å². The summed E-state index contributed by atoms with van der Waals surface area (Å²) < 4.78 is 0. The first-order chi connectivity index (χ1) is 9.38. The fraction of sp³-hybridized carbons (Fsp3) is 0.684. The van der Waals surface area contributed by atoms with E-state index in [4.69, 9.17) is 0 Å². The van der Waals surface area contributed by atoms with E-state index in [0.717, 1.165) is 24.3 Å². The molecule has 1 N–H and O–H groups in total. The van der Waals surface area contributed by atoms with E-state index in [1.807, 2.05) is 0 Å². The minimum Gasteiger partial charge on any atom is -0.385 e. The molecule has 1 aromatic rings. The highest BCUT2D eigenvalue weighted by atomic mass is 16.3. The van der Waals surface area contributed by atoms with Gasteiger partial charge >= 0.3 is 0 Å². The lowest BCUT2D eigenvalue weighted by molar-refractivity contribution is 0.151. The molecule has 0 unspecified atom stereocenters. The number of rotatable bonds is 2. The molecule has 20 heavy (non-hydrogen) atoms. The molecular weight excluding hydrogens is 244 g/mol. The standard InChI is InChI=1S/C19H28O/c1-18(2,3)16-9-7-14(8-10-16)15-5-4-6-17(13-15)19(20)11-12-19/h4-6,13-14,16,20H,7-12H2,1-3H3. The second-order valence-electron chi connectivity index (χ2n) is 8.07. The van der Waals surface area contributed by atoms with Crippen LogP contribution in [0.2, 0.25) is 0 Å². The van der Waals surface area contributed by atoms with Gasteiger partial charge in [-0.1, -0.05) is 45.0 Å². The van der Waals surface area contributed by atoms with Gasteiger partial charge in [-0.3, -0.25) is 0 Å². The Bertz CT molecular complexity index is 471. The van der Waals surface area contributed by atoms with Crippen molar-refractivity contribution in [2.45, 2.75) is 70.8 Å². The van der Waals surface area contributed by atoms with Gasteiger partial charge < -0.3 is 5.11 Å². The van der Waals surface area contributed by atoms with Gasteiger partial charge in [0, 0.05) is 0 Å². The van der Waals surface area contributed by atoms with Crippen LogP contribution in [0.25, 0.3) is 0 Å². The summed E-state index contributed by atoms with van der Waals surface area (Å²) in [6.07, 6.45) is 7.19. The molecule has 1 nitrogen and oxygen atoms in total. The Kier molecular flexibility index (Phi) is 3.44. The zero-order chi connectivity index (χ0) is 14.4. The fourth-order valence-electron chi connectivity index (χ4n) is 3.78. The van der Waals surface area contributed by atoms with Crippen molar-refractivity contribution in [1.29, 1.82) is 0 Å². The van der Waals surface area contributed by atoms with Crippen LogP contribution in [0, 0.1) is 11.3 Å². The van der Waals surface area contributed by atoms with E-state index in [9.17, 15) is 5.11 Å². The van der Waals surface area contributed by atoms with Crippen molar-refractivity contribution in [1.82, 2.24) is 0 Å². The molecular formula is C19H28O. The molecule has 2 saturated carbocycles. The first-order valence-electron chi connectivity index (χ1n) is 8.21. The van der Waals surface area contributed by atoms with Crippen molar-refractivity contribution < 1.29 is 5.11 Å². The first-order valence-corrected chi connectivity index (χ1v) is 8.21. The molecule has 0 bridgehead atoms. The number of aliphatic hydroxyl groups is 1. The summed E-state index contributed by atoms with van der Waals surface area (Å²) in [6.45, 7) is 7.13. The Morgan fingerprint density at radius 1 is 1.05 bits per heavy atom. The van der Waals surface area contributed by atoms with E-state index in [0.29, 0.717) is 11.3 Å². The van der Waals surface area contributed by atoms with Crippen LogP contribution in [0.3, 0.4) is 0 Å². The quantitative estimate of drug-likeness (QED) is 0.804. The molecule has 2 aliphatic carbocycles. The third kappa shape index (κ3) is 2.79. The predicted octanol–water partition coefficient (Wildman–Crippen LogP) is 4.99. The Morgan fingerprint density at radius 3 is 2.25 bits per heavy atom. The van der Waals surface area contributed by atoms with Gasteiger partial charge in [0.05, 0.1) is 5.60 Å². The van der Waals surface area contributed by atoms with E-state index in [2.05, 4.69) is 45.0 Å². The largest absolute Gasteiger partial charge is 0.385 e. The van der Waals surface area contributed by atoms with Gasteiger partial charge in [0.15, 0.2) is 0 Å². The number of hydrogen-bond acceptors (Lipinski definition) is 1. The van der Waals surface area contributed by atoms with Crippen LogP contribution in [0.1, 0.15) is 76.3 Å². The van der Waals surface area contributed by atoms with Crippen LogP contribution < -0.4 is 0 Å². The predicted molar refractivity (Wildman–Crippen MR) is 83.7 cm³/mol. The van der Waals surface area contributed by atoms with Gasteiger partial charge in [0.25, 0.3) is 0 Å². The monoisotopic (exact) mass is 272 g/mol. The van der Waals surface area contributed by atoms with E-state index in [1.165, 1.54) is 31.2 Å². The Labute approximate surface area is 123 Å². The molecule has 0 aliphatic heterocycles. The lowest BCUT2D eigenvalue weighted by atomic mass is 9.68. The minimum absolute atomic E-state index is 0.454. The zero-order valence-corrected chi connectivity index (χ0v) is 13.2. The highest BCUT2D eigenvalue weighted by molar-refractivity contribution is 5.33. The van der Waals surface area contributed by atoms with Gasteiger partial charge in [-0.15, -0.1) is 0 Å². The average molecular weight is 272 g/mol. The summed E-state index contributed by atoms with van der Waals surface area (Å²) in [5.41, 5.74) is 2.57. The van der Waals surface area contributed by atoms with Crippen LogP contribution in [0.15, 0.2) is 24.3 Å². The Morgan fingerprint density at radius 2 is 1.70 bits per heavy atom. The first kappa shape index (κ1) is 14.1. The summed E-state index contributed by atoms with van der Waals surface area (Å²) in [6, 6.07) is 8.76. The zero-order valence-electron chi connectivity index (χ0n) is 13.2. The van der Waals surface area contributed by atoms with Crippen molar-refractivity contribution in [3.05, 3.63) is 35.4 Å². The van der Waals surface area contributed by atoms with Crippen LogP contribution in [0.5, 0.6) is 0 Å². The highest BCUT2D eigenvalue weighted by Crippen LogP contribution is 2.47. The molecule has 0 saturated heterocycles. The number of hydrogen-bond donors (Lipinski definition) is 1. The summed E-state index contributed by atoms with van der Waals surface area (Å²) in [5.74, 6) is 1.57. The molecule has 110 valence electrons. The third-order valence-corrected chi connectivity index (χ3v) is 5.57. The van der Waals surface area contributed by atoms with E-state index in [1.54, 1.807) is 0 Å². The normalized spacial score (nSPS) is 29.2. The number of benzene rings is 1. The SMILES string of the molecule is CC(C)(C)C1CCC(c2cccc(C3(O)CC3)c2)CC1. The molecule has 0 heterocycles. The summed E-state index contributed by atoms with van der Waals surface area (Å²) in [5, 5.41) is 10.3. The maximum absolute atomic E-state index is 10.3. The fourth-order valence-corrected chi connectivity index (χ4v) is 3.78. The highest BCUT2D eigenvalue weighted by Gasteiger charge is 2.42. The molecule has 2 fully saturated rings. The van der Waals surface area contributed by atoms with E-state index in [-0.39, 0.29) is 0 Å². The molecule has 2 aliphatic rings. The van der Waals surface area contributed by atoms with Gasteiger partial charge in [0.2, 0.25) is 0 Å². The van der Waals surface area contributed by atoms with Crippen molar-refractivity contribution in [3.8, 4) is 0 Å². The van der Waals surface area contributed by atoms with Crippen molar-refractivity contribution in [2.75, 3.05) is 0 Å². The Balaban J connectivity index is 1.69. The summed E-state index contributed by atoms with van der Waals surface area (Å²) >= 11 is 0. The summed E-state index contributed by atoms with van der Waals surface area (Å²) in [7, 11) is 0. The topological polar surface area (TPSA) is 20.2 Å².